The van der Waals surface area contributed by atoms with E-state index in [4.69, 9.17) is 4.74 Å². The summed E-state index contributed by atoms with van der Waals surface area (Å²) in [6.07, 6.45) is 1.74. The maximum atomic E-state index is 12.0. The zero-order valence-electron chi connectivity index (χ0n) is 14.0. The number of hydrogen-bond donors (Lipinski definition) is 1. The smallest absolute Gasteiger partial charge is 0.252 e. The zero-order valence-corrected chi connectivity index (χ0v) is 14.0. The van der Waals surface area contributed by atoms with E-state index >= 15 is 0 Å². The summed E-state index contributed by atoms with van der Waals surface area (Å²) in [4.78, 5) is 16.4. The lowest BCUT2D eigenvalue weighted by molar-refractivity contribution is 0.0958. The van der Waals surface area contributed by atoms with Crippen LogP contribution >= 0.6 is 0 Å². The van der Waals surface area contributed by atoms with Gasteiger partial charge in [-0.1, -0.05) is 48.2 Å². The average Bonchev–Trinajstić information content (AvgIpc) is 2.65. The van der Waals surface area contributed by atoms with E-state index in [1.165, 1.54) is 0 Å². The third-order valence-corrected chi connectivity index (χ3v) is 3.75. The first-order valence-electron chi connectivity index (χ1n) is 8.02. The SMILES string of the molecule is Cc1ccccc1C(=O)NCC#CCOc1cccc2cccnc12. The van der Waals surface area contributed by atoms with E-state index in [0.29, 0.717) is 11.3 Å². The van der Waals surface area contributed by atoms with Gasteiger partial charge in [0.05, 0.1) is 6.54 Å². The average molecular weight is 330 g/mol. The number of hydrogen-bond acceptors (Lipinski definition) is 3. The highest BCUT2D eigenvalue weighted by molar-refractivity contribution is 5.95. The third kappa shape index (κ3) is 4.15. The Hall–Kier alpha value is -3.32. The molecule has 25 heavy (non-hydrogen) atoms. The molecule has 0 radical (unpaired) electrons. The van der Waals surface area contributed by atoms with Crippen molar-refractivity contribution in [2.24, 2.45) is 0 Å². The molecule has 3 aromatic rings. The molecule has 1 heterocycles. The number of aryl methyl sites for hydroxylation is 1. The van der Waals surface area contributed by atoms with Crippen LogP contribution in [0.1, 0.15) is 15.9 Å². The van der Waals surface area contributed by atoms with Crippen LogP contribution in [0.25, 0.3) is 10.9 Å². The predicted molar refractivity (Wildman–Crippen MR) is 98.5 cm³/mol. The topological polar surface area (TPSA) is 51.2 Å². The van der Waals surface area contributed by atoms with E-state index in [1.54, 1.807) is 12.3 Å². The van der Waals surface area contributed by atoms with Gasteiger partial charge < -0.3 is 10.1 Å². The van der Waals surface area contributed by atoms with Crippen molar-refractivity contribution in [3.05, 3.63) is 71.9 Å². The van der Waals surface area contributed by atoms with Gasteiger partial charge in [0, 0.05) is 17.1 Å². The molecule has 0 aliphatic carbocycles. The molecular formula is C21H18N2O2. The Balaban J connectivity index is 1.52. The summed E-state index contributed by atoms with van der Waals surface area (Å²) in [5.41, 5.74) is 2.43. The van der Waals surface area contributed by atoms with Crippen LogP contribution < -0.4 is 10.1 Å². The van der Waals surface area contributed by atoms with Crippen LogP contribution in [0.4, 0.5) is 0 Å². The normalized spacial score (nSPS) is 9.96. The van der Waals surface area contributed by atoms with E-state index in [0.717, 1.165) is 16.5 Å². The van der Waals surface area contributed by atoms with Gasteiger partial charge in [0.2, 0.25) is 0 Å². The Morgan fingerprint density at radius 3 is 2.80 bits per heavy atom. The van der Waals surface area contributed by atoms with Gasteiger partial charge in [-0.2, -0.15) is 0 Å². The number of carbonyl (C=O) groups excluding carboxylic acids is 1. The first-order valence-corrected chi connectivity index (χ1v) is 8.02. The summed E-state index contributed by atoms with van der Waals surface area (Å²) < 4.78 is 5.68. The van der Waals surface area contributed by atoms with Gasteiger partial charge in [-0.15, -0.1) is 0 Å². The predicted octanol–water partition coefficient (Wildman–Crippen LogP) is 3.36. The Bertz CT molecular complexity index is 949. The van der Waals surface area contributed by atoms with Crippen LogP contribution in [-0.2, 0) is 0 Å². The molecule has 4 heteroatoms. The molecule has 0 saturated carbocycles. The second-order valence-electron chi connectivity index (χ2n) is 5.47. The van der Waals surface area contributed by atoms with Crippen LogP contribution in [0.2, 0.25) is 0 Å². The number of amides is 1. The molecule has 1 N–H and O–H groups in total. The number of pyridine rings is 1. The number of rotatable bonds is 4. The minimum atomic E-state index is -0.119. The lowest BCUT2D eigenvalue weighted by atomic mass is 10.1. The summed E-state index contributed by atoms with van der Waals surface area (Å²) in [5.74, 6) is 6.39. The summed E-state index contributed by atoms with van der Waals surface area (Å²) in [6, 6.07) is 17.1. The summed E-state index contributed by atoms with van der Waals surface area (Å²) >= 11 is 0. The van der Waals surface area contributed by atoms with Crippen molar-refractivity contribution in [1.82, 2.24) is 10.3 Å². The van der Waals surface area contributed by atoms with Crippen LogP contribution in [-0.4, -0.2) is 24.0 Å². The standard InChI is InChI=1S/C21H18N2O2/c1-16-8-2-3-11-18(16)21(24)23-13-4-5-15-25-19-12-6-9-17-10-7-14-22-20(17)19/h2-3,6-12,14H,13,15H2,1H3,(H,23,24). The van der Waals surface area contributed by atoms with Gasteiger partial charge in [0.15, 0.2) is 0 Å². The zero-order chi connectivity index (χ0) is 17.5. The van der Waals surface area contributed by atoms with E-state index in [-0.39, 0.29) is 19.1 Å². The minimum Gasteiger partial charge on any atom is -0.479 e. The first kappa shape index (κ1) is 16.5. The Morgan fingerprint density at radius 2 is 1.92 bits per heavy atom. The first-order chi connectivity index (χ1) is 12.3. The molecular weight excluding hydrogens is 312 g/mol. The quantitative estimate of drug-likeness (QED) is 0.746. The van der Waals surface area contributed by atoms with E-state index in [2.05, 4.69) is 22.1 Å². The fourth-order valence-corrected chi connectivity index (χ4v) is 2.47. The van der Waals surface area contributed by atoms with Crippen molar-refractivity contribution in [3.8, 4) is 17.6 Å². The second kappa shape index (κ2) is 7.98. The molecule has 0 unspecified atom stereocenters. The number of aromatic nitrogens is 1. The van der Waals surface area contributed by atoms with Crippen molar-refractivity contribution in [2.45, 2.75) is 6.92 Å². The molecule has 1 aromatic heterocycles. The summed E-state index contributed by atoms with van der Waals surface area (Å²) in [5, 5.41) is 3.81. The molecule has 0 aliphatic rings. The number of nitrogens with zero attached hydrogens (tertiary/aromatic N) is 1. The van der Waals surface area contributed by atoms with E-state index < -0.39 is 0 Å². The van der Waals surface area contributed by atoms with Crippen LogP contribution in [0.3, 0.4) is 0 Å². The molecule has 1 amide bonds. The fourth-order valence-electron chi connectivity index (χ4n) is 2.47. The van der Waals surface area contributed by atoms with Crippen molar-refractivity contribution in [3.63, 3.8) is 0 Å². The minimum absolute atomic E-state index is 0.119. The molecule has 0 bridgehead atoms. The Morgan fingerprint density at radius 1 is 1.08 bits per heavy atom. The van der Waals surface area contributed by atoms with Crippen LogP contribution in [0, 0.1) is 18.8 Å². The third-order valence-electron chi connectivity index (χ3n) is 3.75. The van der Waals surface area contributed by atoms with Crippen molar-refractivity contribution < 1.29 is 9.53 Å². The number of ether oxygens (including phenoxy) is 1. The molecule has 0 fully saturated rings. The van der Waals surface area contributed by atoms with E-state index in [9.17, 15) is 4.79 Å². The van der Waals surface area contributed by atoms with Crippen molar-refractivity contribution in [1.29, 1.82) is 0 Å². The fraction of sp³-hybridized carbons (Fsp3) is 0.143. The number of benzene rings is 2. The molecule has 0 spiro atoms. The highest BCUT2D eigenvalue weighted by Crippen LogP contribution is 2.22. The van der Waals surface area contributed by atoms with Gasteiger partial charge in [0.1, 0.15) is 17.9 Å². The summed E-state index contributed by atoms with van der Waals surface area (Å²) in [7, 11) is 0. The Kier molecular flexibility index (Phi) is 5.28. The van der Waals surface area contributed by atoms with Crippen LogP contribution in [0.15, 0.2) is 60.8 Å². The highest BCUT2D eigenvalue weighted by Gasteiger charge is 2.06. The highest BCUT2D eigenvalue weighted by atomic mass is 16.5. The molecule has 0 aliphatic heterocycles. The second-order valence-corrected chi connectivity index (χ2v) is 5.47. The molecule has 4 nitrogen and oxygen atoms in total. The Labute approximate surface area is 146 Å². The number of fused-ring (bicyclic) bond motifs is 1. The van der Waals surface area contributed by atoms with Crippen molar-refractivity contribution >= 4 is 16.8 Å². The largest absolute Gasteiger partial charge is 0.479 e. The maximum Gasteiger partial charge on any atom is 0.252 e. The lowest BCUT2D eigenvalue weighted by Crippen LogP contribution is -2.24. The van der Waals surface area contributed by atoms with Gasteiger partial charge >= 0.3 is 0 Å². The van der Waals surface area contributed by atoms with Gasteiger partial charge in [-0.25, -0.2) is 0 Å². The molecule has 3 rings (SSSR count). The van der Waals surface area contributed by atoms with Crippen LogP contribution in [0.5, 0.6) is 5.75 Å². The molecule has 0 atom stereocenters. The number of carbonyl (C=O) groups is 1. The van der Waals surface area contributed by atoms with E-state index in [1.807, 2.05) is 55.5 Å². The number of para-hydroxylation sites is 1. The number of nitrogens with one attached hydrogen (secondary N) is 1. The molecule has 124 valence electrons. The van der Waals surface area contributed by atoms with Crippen molar-refractivity contribution in [2.75, 3.05) is 13.2 Å². The summed E-state index contributed by atoms with van der Waals surface area (Å²) in [6.45, 7) is 2.44. The maximum absolute atomic E-state index is 12.0. The van der Waals surface area contributed by atoms with Gasteiger partial charge in [0.25, 0.3) is 5.91 Å². The van der Waals surface area contributed by atoms with Gasteiger partial charge in [-0.3, -0.25) is 9.78 Å². The monoisotopic (exact) mass is 330 g/mol. The van der Waals surface area contributed by atoms with Gasteiger partial charge in [-0.05, 0) is 30.7 Å². The molecule has 2 aromatic carbocycles. The lowest BCUT2D eigenvalue weighted by Gasteiger charge is -2.05. The molecule has 0 saturated heterocycles.